The SMILES string of the molecule is CC(=O)N1CCc2cc(-c3noc(C)c3CN=[N+]=[N-])ccc21. The minimum Gasteiger partial charge on any atom is -0.361 e. The topological polar surface area (TPSA) is 95.1 Å². The molecule has 3 rings (SSSR count). The van der Waals surface area contributed by atoms with Gasteiger partial charge < -0.3 is 9.42 Å². The van der Waals surface area contributed by atoms with Crippen LogP contribution in [0.4, 0.5) is 5.69 Å². The van der Waals surface area contributed by atoms with Crippen LogP contribution in [-0.4, -0.2) is 17.6 Å². The first kappa shape index (κ1) is 14.2. The number of nitrogens with zero attached hydrogens (tertiary/aromatic N) is 5. The molecule has 1 aromatic carbocycles. The number of hydrogen-bond acceptors (Lipinski definition) is 4. The van der Waals surface area contributed by atoms with Crippen LogP contribution in [0.3, 0.4) is 0 Å². The summed E-state index contributed by atoms with van der Waals surface area (Å²) in [5.41, 5.74) is 12.9. The van der Waals surface area contributed by atoms with Gasteiger partial charge in [0.05, 0.1) is 6.54 Å². The van der Waals surface area contributed by atoms with E-state index in [0.717, 1.165) is 28.8 Å². The van der Waals surface area contributed by atoms with Gasteiger partial charge in [0.25, 0.3) is 0 Å². The lowest BCUT2D eigenvalue weighted by Gasteiger charge is -2.14. The van der Waals surface area contributed by atoms with E-state index in [1.54, 1.807) is 18.7 Å². The van der Waals surface area contributed by atoms with E-state index < -0.39 is 0 Å². The number of benzene rings is 1. The fraction of sp³-hybridized carbons (Fsp3) is 0.333. The molecule has 1 aliphatic heterocycles. The van der Waals surface area contributed by atoms with Crippen molar-refractivity contribution in [2.75, 3.05) is 11.4 Å². The average molecular weight is 297 g/mol. The van der Waals surface area contributed by atoms with Gasteiger partial charge in [0.15, 0.2) is 0 Å². The maximum absolute atomic E-state index is 11.6. The van der Waals surface area contributed by atoms with E-state index in [1.807, 2.05) is 18.2 Å². The highest BCUT2D eigenvalue weighted by molar-refractivity contribution is 5.94. The number of hydrogen-bond donors (Lipinski definition) is 0. The first-order valence-electron chi connectivity index (χ1n) is 6.99. The van der Waals surface area contributed by atoms with Crippen molar-refractivity contribution in [2.45, 2.75) is 26.8 Å². The molecule has 7 heteroatoms. The molecule has 2 heterocycles. The molecule has 0 aliphatic carbocycles. The summed E-state index contributed by atoms with van der Waals surface area (Å²) in [5.74, 6) is 0.695. The van der Waals surface area contributed by atoms with Gasteiger partial charge >= 0.3 is 0 Å². The Hall–Kier alpha value is -2.79. The molecule has 2 aromatic rings. The minimum absolute atomic E-state index is 0.0489. The second-order valence-electron chi connectivity index (χ2n) is 5.22. The molecular weight excluding hydrogens is 282 g/mol. The summed E-state index contributed by atoms with van der Waals surface area (Å²) >= 11 is 0. The molecular formula is C15H15N5O2. The number of carbonyl (C=O) groups is 1. The van der Waals surface area contributed by atoms with Gasteiger partial charge in [-0.15, -0.1) is 0 Å². The summed E-state index contributed by atoms with van der Waals surface area (Å²) in [4.78, 5) is 16.1. The van der Waals surface area contributed by atoms with Gasteiger partial charge in [-0.2, -0.15) is 0 Å². The van der Waals surface area contributed by atoms with Crippen LogP contribution in [0, 0.1) is 6.92 Å². The number of carbonyl (C=O) groups excluding carboxylic acids is 1. The van der Waals surface area contributed by atoms with Crippen LogP contribution in [-0.2, 0) is 17.8 Å². The maximum atomic E-state index is 11.6. The lowest BCUT2D eigenvalue weighted by Crippen LogP contribution is -2.25. The zero-order chi connectivity index (χ0) is 15.7. The van der Waals surface area contributed by atoms with Crippen LogP contribution in [0.25, 0.3) is 21.7 Å². The molecule has 1 aromatic heterocycles. The molecule has 0 N–H and O–H groups in total. The highest BCUT2D eigenvalue weighted by Gasteiger charge is 2.23. The zero-order valence-corrected chi connectivity index (χ0v) is 12.4. The molecule has 0 spiro atoms. The Bertz CT molecular complexity index is 789. The molecule has 22 heavy (non-hydrogen) atoms. The summed E-state index contributed by atoms with van der Waals surface area (Å²) in [6.07, 6.45) is 0.825. The Kier molecular flexibility index (Phi) is 3.56. The van der Waals surface area contributed by atoms with E-state index in [2.05, 4.69) is 15.2 Å². The van der Waals surface area contributed by atoms with Crippen molar-refractivity contribution in [3.63, 3.8) is 0 Å². The Labute approximate surface area is 127 Å². The Morgan fingerprint density at radius 3 is 3.09 bits per heavy atom. The van der Waals surface area contributed by atoms with E-state index in [0.29, 0.717) is 18.0 Å². The highest BCUT2D eigenvalue weighted by Crippen LogP contribution is 2.34. The van der Waals surface area contributed by atoms with Gasteiger partial charge in [0.1, 0.15) is 11.5 Å². The molecule has 0 fully saturated rings. The van der Waals surface area contributed by atoms with Crippen molar-refractivity contribution in [2.24, 2.45) is 5.11 Å². The fourth-order valence-electron chi connectivity index (χ4n) is 2.78. The highest BCUT2D eigenvalue weighted by atomic mass is 16.5. The molecule has 0 atom stereocenters. The van der Waals surface area contributed by atoms with Crippen molar-refractivity contribution in [1.29, 1.82) is 0 Å². The number of aryl methyl sites for hydroxylation is 1. The molecule has 7 nitrogen and oxygen atoms in total. The van der Waals surface area contributed by atoms with Crippen molar-refractivity contribution >= 4 is 11.6 Å². The van der Waals surface area contributed by atoms with E-state index >= 15 is 0 Å². The van der Waals surface area contributed by atoms with Crippen LogP contribution in [0.5, 0.6) is 0 Å². The van der Waals surface area contributed by atoms with Crippen molar-refractivity contribution in [3.05, 3.63) is 45.5 Å². The summed E-state index contributed by atoms with van der Waals surface area (Å²) in [5, 5.41) is 7.68. The predicted molar refractivity (Wildman–Crippen MR) is 81.3 cm³/mol. The lowest BCUT2D eigenvalue weighted by atomic mass is 10.0. The molecule has 0 bridgehead atoms. The molecule has 1 amide bonds. The number of anilines is 1. The average Bonchev–Trinajstić information content (AvgIpc) is 3.08. The molecule has 112 valence electrons. The van der Waals surface area contributed by atoms with Gasteiger partial charge in [-0.25, -0.2) is 0 Å². The van der Waals surface area contributed by atoms with E-state index in [-0.39, 0.29) is 12.5 Å². The Balaban J connectivity index is 2.01. The fourth-order valence-corrected chi connectivity index (χ4v) is 2.78. The van der Waals surface area contributed by atoms with Gasteiger partial charge in [0, 0.05) is 35.2 Å². The molecule has 0 radical (unpaired) electrons. The van der Waals surface area contributed by atoms with Crippen molar-refractivity contribution < 1.29 is 9.32 Å². The minimum atomic E-state index is 0.0489. The summed E-state index contributed by atoms with van der Waals surface area (Å²) in [7, 11) is 0. The Morgan fingerprint density at radius 2 is 2.36 bits per heavy atom. The summed E-state index contributed by atoms with van der Waals surface area (Å²) < 4.78 is 5.23. The van der Waals surface area contributed by atoms with Crippen LogP contribution < -0.4 is 4.90 Å². The standard InChI is InChI=1S/C15H15N5O2/c1-9-13(8-17-19-16)15(18-22-9)12-3-4-14-11(7-12)5-6-20(14)10(2)21/h3-4,7H,5-6,8H2,1-2H3. The van der Waals surface area contributed by atoms with Crippen LogP contribution in [0.15, 0.2) is 27.8 Å². The van der Waals surface area contributed by atoms with Gasteiger partial charge in [0.2, 0.25) is 5.91 Å². The first-order chi connectivity index (χ1) is 10.6. The monoisotopic (exact) mass is 297 g/mol. The first-order valence-corrected chi connectivity index (χ1v) is 6.99. The summed E-state index contributed by atoms with van der Waals surface area (Å²) in [6.45, 7) is 4.28. The van der Waals surface area contributed by atoms with Crippen LogP contribution in [0.2, 0.25) is 0 Å². The second-order valence-corrected chi connectivity index (χ2v) is 5.22. The smallest absolute Gasteiger partial charge is 0.223 e. The number of aromatic nitrogens is 1. The van der Waals surface area contributed by atoms with Crippen molar-refractivity contribution in [3.8, 4) is 11.3 Å². The number of amides is 1. The number of rotatable bonds is 3. The number of fused-ring (bicyclic) bond motifs is 1. The predicted octanol–water partition coefficient (Wildman–Crippen LogP) is 3.37. The zero-order valence-electron chi connectivity index (χ0n) is 12.4. The number of azide groups is 1. The molecule has 0 saturated heterocycles. The van der Waals surface area contributed by atoms with E-state index in [1.165, 1.54) is 0 Å². The third-order valence-corrected chi connectivity index (χ3v) is 3.91. The quantitative estimate of drug-likeness (QED) is 0.493. The third-order valence-electron chi connectivity index (χ3n) is 3.91. The molecule has 0 unspecified atom stereocenters. The van der Waals surface area contributed by atoms with Gasteiger partial charge in [-0.05, 0) is 36.6 Å². The van der Waals surface area contributed by atoms with Crippen molar-refractivity contribution in [1.82, 2.24) is 5.16 Å². The van der Waals surface area contributed by atoms with E-state index in [9.17, 15) is 4.79 Å². The largest absolute Gasteiger partial charge is 0.361 e. The van der Waals surface area contributed by atoms with Gasteiger partial charge in [-0.1, -0.05) is 16.3 Å². The molecule has 0 saturated carbocycles. The second kappa shape index (κ2) is 5.54. The maximum Gasteiger partial charge on any atom is 0.223 e. The van der Waals surface area contributed by atoms with Crippen LogP contribution in [0.1, 0.15) is 23.8 Å². The normalized spacial score (nSPS) is 12.9. The van der Waals surface area contributed by atoms with Gasteiger partial charge in [-0.3, -0.25) is 4.79 Å². The van der Waals surface area contributed by atoms with E-state index in [4.69, 9.17) is 10.1 Å². The Morgan fingerprint density at radius 1 is 1.55 bits per heavy atom. The molecule has 1 aliphatic rings. The van der Waals surface area contributed by atoms with Crippen LogP contribution >= 0.6 is 0 Å². The lowest BCUT2D eigenvalue weighted by molar-refractivity contribution is -0.116. The third kappa shape index (κ3) is 2.31. The summed E-state index contributed by atoms with van der Waals surface area (Å²) in [6, 6.07) is 5.87.